The van der Waals surface area contributed by atoms with E-state index < -0.39 is 6.09 Å². The number of piperidine rings is 2. The van der Waals surface area contributed by atoms with Crippen molar-refractivity contribution >= 4 is 23.9 Å². The van der Waals surface area contributed by atoms with Gasteiger partial charge in [-0.05, 0) is 39.2 Å². The van der Waals surface area contributed by atoms with Crippen molar-refractivity contribution in [2.45, 2.75) is 44.7 Å². The lowest BCUT2D eigenvalue weighted by Crippen LogP contribution is -2.50. The van der Waals surface area contributed by atoms with Gasteiger partial charge in [0.25, 0.3) is 0 Å². The highest BCUT2D eigenvalue weighted by Crippen LogP contribution is 2.21. The fourth-order valence-electron chi connectivity index (χ4n) is 4.23. The quantitative estimate of drug-likeness (QED) is 0.514. The smallest absolute Gasteiger partial charge is 0.414 e. The molecule has 2 aromatic rings. The molecule has 0 spiro atoms. The van der Waals surface area contributed by atoms with E-state index in [4.69, 9.17) is 9.47 Å². The Morgan fingerprint density at radius 2 is 2.08 bits per heavy atom. The zero-order valence-electron chi connectivity index (χ0n) is 20.6. The second-order valence-electron chi connectivity index (χ2n) is 8.73. The van der Waals surface area contributed by atoms with Gasteiger partial charge in [-0.3, -0.25) is 5.32 Å². The summed E-state index contributed by atoms with van der Waals surface area (Å²) >= 11 is 0. The zero-order valence-corrected chi connectivity index (χ0v) is 20.6. The van der Waals surface area contributed by atoms with Crippen molar-refractivity contribution in [1.29, 1.82) is 0 Å². The van der Waals surface area contributed by atoms with Crippen LogP contribution < -0.4 is 30.3 Å². The highest BCUT2D eigenvalue weighted by atomic mass is 16.6. The first kappa shape index (κ1) is 25.4. The lowest BCUT2D eigenvalue weighted by atomic mass is 10.1. The van der Waals surface area contributed by atoms with E-state index in [0.717, 1.165) is 45.3 Å². The highest BCUT2D eigenvalue weighted by molar-refractivity contribution is 5.88. The molecule has 194 valence electrons. The number of anilines is 2. The molecule has 0 radical (unpaired) electrons. The minimum Gasteiger partial charge on any atom is -0.477 e. The van der Waals surface area contributed by atoms with Crippen molar-refractivity contribution in [3.05, 3.63) is 24.7 Å². The largest absolute Gasteiger partial charge is 0.477 e. The first-order valence-corrected chi connectivity index (χ1v) is 12.3. The van der Waals surface area contributed by atoms with Crippen LogP contribution in [0.15, 0.2) is 24.7 Å². The van der Waals surface area contributed by atoms with Crippen LogP contribution in [0.5, 0.6) is 11.8 Å². The Bertz CT molecular complexity index is 1020. The molecule has 4 heterocycles. The summed E-state index contributed by atoms with van der Waals surface area (Å²) in [6, 6.07) is 1.25. The van der Waals surface area contributed by atoms with Gasteiger partial charge >= 0.3 is 12.1 Å². The van der Waals surface area contributed by atoms with E-state index in [-0.39, 0.29) is 24.0 Å². The number of ether oxygens (including phenoxy) is 2. The van der Waals surface area contributed by atoms with Gasteiger partial charge in [-0.1, -0.05) is 0 Å². The van der Waals surface area contributed by atoms with Gasteiger partial charge in [-0.15, -0.1) is 0 Å². The van der Waals surface area contributed by atoms with E-state index in [1.807, 2.05) is 11.8 Å². The van der Waals surface area contributed by atoms with Gasteiger partial charge in [0.1, 0.15) is 0 Å². The molecule has 0 unspecified atom stereocenters. The van der Waals surface area contributed by atoms with Crippen molar-refractivity contribution in [3.63, 3.8) is 0 Å². The van der Waals surface area contributed by atoms with Gasteiger partial charge in [-0.2, -0.15) is 4.98 Å². The predicted octanol–water partition coefficient (Wildman–Crippen LogP) is 1.64. The fraction of sp³-hybridized carbons (Fsp3) is 0.565. The standard InChI is InChI=1S/C23H33N9O4/c1-3-35-20-14-26-18(13-27-20)29-22(33)31(2)17-7-5-11-32(15-17)21-25-10-8-19(30-21)36-23(34)28-16-6-4-9-24-12-16/h8,10,13-14,16-17,24H,3-7,9,11-12,15H2,1-2H3,(H,28,34)(H,26,29,33)/t16-,17+/m0/s1. The fourth-order valence-corrected chi connectivity index (χ4v) is 4.23. The molecular formula is C23H33N9O4. The third kappa shape index (κ3) is 6.90. The number of carbonyl (C=O) groups excluding carboxylic acids is 2. The Kier molecular flexibility index (Phi) is 8.66. The summed E-state index contributed by atoms with van der Waals surface area (Å²) in [4.78, 5) is 45.8. The number of urea groups is 1. The number of carbonyl (C=O) groups is 2. The highest BCUT2D eigenvalue weighted by Gasteiger charge is 2.28. The molecule has 13 heteroatoms. The lowest BCUT2D eigenvalue weighted by Gasteiger charge is -2.37. The van der Waals surface area contributed by atoms with E-state index in [1.54, 1.807) is 24.2 Å². The van der Waals surface area contributed by atoms with Gasteiger partial charge < -0.3 is 29.9 Å². The zero-order chi connectivity index (χ0) is 25.3. The van der Waals surface area contributed by atoms with Crippen LogP contribution in [-0.2, 0) is 0 Å². The molecule has 2 aromatic heterocycles. The molecule has 2 aliphatic rings. The van der Waals surface area contributed by atoms with Gasteiger partial charge in [0, 0.05) is 45.0 Å². The van der Waals surface area contributed by atoms with Crippen LogP contribution in [0.3, 0.4) is 0 Å². The predicted molar refractivity (Wildman–Crippen MR) is 132 cm³/mol. The SMILES string of the molecule is CCOc1cnc(NC(=O)N(C)[C@@H]2CCCN(c3nccc(OC(=O)N[C@H]4CCCNC4)n3)C2)cn1. The molecule has 3 amide bonds. The number of rotatable bonds is 7. The van der Waals surface area contributed by atoms with Crippen LogP contribution in [-0.4, -0.2) is 88.9 Å². The van der Waals surface area contributed by atoms with E-state index in [0.29, 0.717) is 30.8 Å². The van der Waals surface area contributed by atoms with Crippen LogP contribution >= 0.6 is 0 Å². The molecule has 0 saturated carbocycles. The van der Waals surface area contributed by atoms with E-state index in [1.165, 1.54) is 12.4 Å². The number of likely N-dealkylation sites (N-methyl/N-ethyl adjacent to an activating group) is 1. The molecule has 13 nitrogen and oxygen atoms in total. The number of nitrogens with zero attached hydrogens (tertiary/aromatic N) is 6. The molecule has 4 rings (SSSR count). The van der Waals surface area contributed by atoms with Crippen LogP contribution in [0.1, 0.15) is 32.6 Å². The first-order chi connectivity index (χ1) is 17.5. The number of hydrogen-bond acceptors (Lipinski definition) is 10. The summed E-state index contributed by atoms with van der Waals surface area (Å²) in [5.41, 5.74) is 0. The molecular weight excluding hydrogens is 466 g/mol. The number of aromatic nitrogens is 4. The van der Waals surface area contributed by atoms with Crippen LogP contribution in [0.25, 0.3) is 0 Å². The Hall–Kier alpha value is -3.74. The lowest BCUT2D eigenvalue weighted by molar-refractivity contribution is 0.190. The Morgan fingerprint density at radius 1 is 1.19 bits per heavy atom. The average Bonchev–Trinajstić information content (AvgIpc) is 2.90. The molecule has 0 aliphatic carbocycles. The summed E-state index contributed by atoms with van der Waals surface area (Å²) in [6.07, 6.45) is 7.59. The van der Waals surface area contributed by atoms with Gasteiger partial charge in [0.15, 0.2) is 5.82 Å². The maximum absolute atomic E-state index is 12.8. The summed E-state index contributed by atoms with van der Waals surface area (Å²) < 4.78 is 10.7. The van der Waals surface area contributed by atoms with Crippen molar-refractivity contribution in [2.75, 3.05) is 50.1 Å². The van der Waals surface area contributed by atoms with Crippen LogP contribution in [0, 0.1) is 0 Å². The molecule has 2 aliphatic heterocycles. The number of amides is 3. The molecule has 2 atom stereocenters. The summed E-state index contributed by atoms with van der Waals surface area (Å²) in [5.74, 6) is 1.39. The molecule has 0 bridgehead atoms. The topological polar surface area (TPSA) is 147 Å². The molecule has 2 fully saturated rings. The molecule has 2 saturated heterocycles. The molecule has 36 heavy (non-hydrogen) atoms. The average molecular weight is 500 g/mol. The Morgan fingerprint density at radius 3 is 2.83 bits per heavy atom. The monoisotopic (exact) mass is 499 g/mol. The maximum Gasteiger partial charge on any atom is 0.414 e. The second kappa shape index (κ2) is 12.3. The number of hydrogen-bond donors (Lipinski definition) is 3. The van der Waals surface area contributed by atoms with E-state index in [2.05, 4.69) is 35.9 Å². The number of nitrogens with one attached hydrogen (secondary N) is 3. The summed E-state index contributed by atoms with van der Waals surface area (Å²) in [5, 5.41) is 8.88. The summed E-state index contributed by atoms with van der Waals surface area (Å²) in [6.45, 7) is 5.33. The normalized spacial score (nSPS) is 19.8. The second-order valence-corrected chi connectivity index (χ2v) is 8.73. The van der Waals surface area contributed by atoms with Crippen molar-refractivity contribution < 1.29 is 19.1 Å². The van der Waals surface area contributed by atoms with Crippen molar-refractivity contribution in [2.24, 2.45) is 0 Å². The Labute approximate surface area is 210 Å². The summed E-state index contributed by atoms with van der Waals surface area (Å²) in [7, 11) is 1.75. The van der Waals surface area contributed by atoms with Crippen LogP contribution in [0.2, 0.25) is 0 Å². The van der Waals surface area contributed by atoms with Crippen LogP contribution in [0.4, 0.5) is 21.4 Å². The maximum atomic E-state index is 12.8. The first-order valence-electron chi connectivity index (χ1n) is 12.3. The molecule has 0 aromatic carbocycles. The Balaban J connectivity index is 1.31. The van der Waals surface area contributed by atoms with Crippen molar-refractivity contribution in [1.82, 2.24) is 35.5 Å². The minimum atomic E-state index is -0.529. The molecule has 3 N–H and O–H groups in total. The minimum absolute atomic E-state index is 0.0469. The van der Waals surface area contributed by atoms with Gasteiger partial charge in [0.2, 0.25) is 17.7 Å². The van der Waals surface area contributed by atoms with E-state index >= 15 is 0 Å². The van der Waals surface area contributed by atoms with Gasteiger partial charge in [-0.25, -0.2) is 24.5 Å². The third-order valence-corrected chi connectivity index (χ3v) is 6.14. The van der Waals surface area contributed by atoms with E-state index in [9.17, 15) is 9.59 Å². The van der Waals surface area contributed by atoms with Gasteiger partial charge in [0.05, 0.1) is 25.0 Å². The van der Waals surface area contributed by atoms with Crippen molar-refractivity contribution in [3.8, 4) is 11.8 Å². The third-order valence-electron chi connectivity index (χ3n) is 6.14.